The third-order valence-corrected chi connectivity index (χ3v) is 18.5. The summed E-state index contributed by atoms with van der Waals surface area (Å²) in [6, 6.07) is 8.66. The number of carbonyl (C=O) groups excluding carboxylic acids is 11. The SMILES string of the molecule is CC[C@H](C)[C@H](C(CC(=O)N1CCC[C@H]1[C@H](OC)[C@@H](C)C(=O)N[C@H](C)[C@@H](O)c1ccccc1)OC)N(C)C(=O)[C@@H](NC(=O)[C@H](C(C)C)N(C)C(=O)OCc1ccc(NC(=O)[C@H](CCCNC(N)=O)NC(=O)[C@@H](NC(=O)CCOCCOCCOCCOCCN2C(=O)C=CC2=O)C(C)C)cc1)C(C)C. The molecule has 0 bridgehead atoms. The number of nitrogens with two attached hydrogens (primary N) is 1. The number of aliphatic hydroxyl groups excluding tert-OH is 1. The number of nitrogens with one attached hydrogen (secondary N) is 6. The number of ether oxygens (including phenoxy) is 7. The third kappa shape index (κ3) is 28.1. The summed E-state index contributed by atoms with van der Waals surface area (Å²) in [7, 11) is 6.07. The van der Waals surface area contributed by atoms with Crippen LogP contribution in [0.25, 0.3) is 0 Å². The number of methoxy groups -OCH3 is 2. The van der Waals surface area contributed by atoms with Gasteiger partial charge in [-0.05, 0) is 79.5 Å². The van der Waals surface area contributed by atoms with Gasteiger partial charge in [-0.3, -0.25) is 53.0 Å². The number of likely N-dealkylation sites (tertiary alicyclic amines) is 1. The number of hydrogen-bond donors (Lipinski definition) is 8. The van der Waals surface area contributed by atoms with Crippen LogP contribution in [0.3, 0.4) is 0 Å². The second-order valence-corrected chi connectivity index (χ2v) is 27.2. The Balaban J connectivity index is 1.30. The van der Waals surface area contributed by atoms with E-state index in [1.807, 2.05) is 32.0 Å². The predicted octanol–water partition coefficient (Wildman–Crippen LogP) is 3.97. The smallest absolute Gasteiger partial charge is 0.410 e. The molecule has 2 aromatic carbocycles. The van der Waals surface area contributed by atoms with Crippen molar-refractivity contribution in [3.05, 3.63) is 77.9 Å². The normalized spacial score (nSPS) is 16.9. The molecule has 1 fully saturated rings. The molecule has 0 spiro atoms. The van der Waals surface area contributed by atoms with Crippen LogP contribution >= 0.6 is 0 Å². The highest BCUT2D eigenvalue weighted by molar-refractivity contribution is 6.12. The predicted molar refractivity (Wildman–Crippen MR) is 383 cm³/mol. The molecule has 4 rings (SSSR count). The van der Waals surface area contributed by atoms with Crippen LogP contribution in [0.2, 0.25) is 0 Å². The summed E-state index contributed by atoms with van der Waals surface area (Å²) in [5.74, 6) is -6.15. The number of primary amides is 1. The zero-order valence-corrected chi connectivity index (χ0v) is 62.6. The van der Waals surface area contributed by atoms with Crippen molar-refractivity contribution in [1.82, 2.24) is 46.2 Å². The Bertz CT molecular complexity index is 3050. The van der Waals surface area contributed by atoms with Gasteiger partial charge in [0.05, 0.1) is 108 Å². The Morgan fingerprint density at radius 3 is 1.82 bits per heavy atom. The summed E-state index contributed by atoms with van der Waals surface area (Å²) in [4.78, 5) is 152. The van der Waals surface area contributed by atoms with E-state index in [2.05, 4.69) is 31.9 Å². The standard InChI is InChI=1S/C73H115N11O19/c1-15-48(8)64(56(97-13)43-60(88)83-33-20-24-55(83)66(98-14)49(9)67(90)76-50(10)65(89)52-21-17-16-18-22-52)81(11)71(94)62(46(4)5)80-70(93)63(47(6)7)82(12)73(96)103-44-51-25-27-53(28-26-51)77-68(91)54(23-19-32-75-72(74)95)78-69(92)61(45(2)3)79-57(85)31-35-99-37-39-101-41-42-102-40-38-100-36-34-84-58(86)29-30-59(84)87/h16-18,21-22,25-30,45-50,54-56,61-66,89H,15,19-20,23-24,31-44H2,1-14H3,(H,76,90)(H,77,91)(H,78,92)(H,79,85)(H,80,93)(H3,74,75,95)/t48-,49+,50+,54-,55-,56?,61-,62-,63-,64+,65+,66+/m0/s1. The van der Waals surface area contributed by atoms with E-state index in [0.717, 1.165) is 4.90 Å². The number of rotatable bonds is 47. The lowest BCUT2D eigenvalue weighted by atomic mass is 9.89. The summed E-state index contributed by atoms with van der Waals surface area (Å²) < 4.78 is 39.7. The molecule has 2 aliphatic rings. The Hall–Kier alpha value is -8.13. The van der Waals surface area contributed by atoms with E-state index in [-0.39, 0.29) is 121 Å². The van der Waals surface area contributed by atoms with Crippen LogP contribution < -0.4 is 37.6 Å². The lowest BCUT2D eigenvalue weighted by Crippen LogP contribution is -2.60. The van der Waals surface area contributed by atoms with E-state index < -0.39 is 126 Å². The summed E-state index contributed by atoms with van der Waals surface area (Å²) in [5, 5.41) is 27.6. The number of benzene rings is 2. The fraction of sp³-hybridized carbons (Fsp3) is 0.658. The van der Waals surface area contributed by atoms with Crippen LogP contribution in [0.1, 0.15) is 131 Å². The minimum absolute atomic E-state index is 0.0398. The molecule has 1 saturated heterocycles. The van der Waals surface area contributed by atoms with Crippen LogP contribution in [-0.4, -0.2) is 245 Å². The zero-order valence-electron chi connectivity index (χ0n) is 62.6. The van der Waals surface area contributed by atoms with Gasteiger partial charge in [0.1, 0.15) is 30.8 Å². The van der Waals surface area contributed by atoms with Crippen LogP contribution in [0.15, 0.2) is 66.7 Å². The van der Waals surface area contributed by atoms with Gasteiger partial charge in [-0.15, -0.1) is 0 Å². The number of hydrogen-bond acceptors (Lipinski definition) is 19. The van der Waals surface area contributed by atoms with Gasteiger partial charge in [0, 0.05) is 65.7 Å². The molecule has 9 N–H and O–H groups in total. The first kappa shape index (κ1) is 87.3. The van der Waals surface area contributed by atoms with Gasteiger partial charge in [0.25, 0.3) is 11.8 Å². The quantitative estimate of drug-likeness (QED) is 0.0343. The Kier molecular flexibility index (Phi) is 38.3. The molecule has 2 aromatic rings. The second kappa shape index (κ2) is 45.2. The van der Waals surface area contributed by atoms with E-state index in [1.54, 1.807) is 109 Å². The topological polar surface area (TPSA) is 384 Å². The Morgan fingerprint density at radius 2 is 1.26 bits per heavy atom. The first-order valence-corrected chi connectivity index (χ1v) is 35.7. The molecule has 12 amide bonds. The van der Waals surface area contributed by atoms with Crippen LogP contribution in [0, 0.1) is 29.6 Å². The number of likely N-dealkylation sites (N-methyl/N-ethyl adjacent to an activating group) is 2. The van der Waals surface area contributed by atoms with Gasteiger partial charge in [-0.25, -0.2) is 9.59 Å². The van der Waals surface area contributed by atoms with Gasteiger partial charge in [0.15, 0.2) is 0 Å². The minimum Gasteiger partial charge on any atom is -0.445 e. The maximum absolute atomic E-state index is 14.8. The lowest BCUT2D eigenvalue weighted by Gasteiger charge is -2.41. The second-order valence-electron chi connectivity index (χ2n) is 27.2. The molecule has 12 atom stereocenters. The number of urea groups is 1. The summed E-state index contributed by atoms with van der Waals surface area (Å²) in [6.45, 7) is 20.3. The Morgan fingerprint density at radius 1 is 0.670 bits per heavy atom. The van der Waals surface area contributed by atoms with E-state index in [9.17, 15) is 57.8 Å². The molecule has 576 valence electrons. The van der Waals surface area contributed by atoms with E-state index in [1.165, 1.54) is 38.3 Å². The fourth-order valence-corrected chi connectivity index (χ4v) is 12.4. The number of aliphatic hydroxyl groups is 1. The van der Waals surface area contributed by atoms with Gasteiger partial charge in [0.2, 0.25) is 41.4 Å². The zero-order chi connectivity index (χ0) is 76.5. The average Bonchev–Trinajstić information content (AvgIpc) is 1.79. The number of nitrogens with zero attached hydrogens (tertiary/aromatic N) is 4. The molecule has 0 aromatic heterocycles. The van der Waals surface area contributed by atoms with Crippen molar-refractivity contribution in [2.24, 2.45) is 35.3 Å². The van der Waals surface area contributed by atoms with Crippen molar-refractivity contribution in [3.63, 3.8) is 0 Å². The molecule has 30 nitrogen and oxygen atoms in total. The van der Waals surface area contributed by atoms with Crippen molar-refractivity contribution in [3.8, 4) is 0 Å². The summed E-state index contributed by atoms with van der Waals surface area (Å²) >= 11 is 0. The maximum Gasteiger partial charge on any atom is 0.410 e. The Labute approximate surface area is 606 Å². The minimum atomic E-state index is -1.13. The first-order valence-electron chi connectivity index (χ1n) is 35.7. The third-order valence-electron chi connectivity index (χ3n) is 18.5. The van der Waals surface area contributed by atoms with E-state index in [0.29, 0.717) is 49.2 Å². The molecule has 0 saturated carbocycles. The fourth-order valence-electron chi connectivity index (χ4n) is 12.4. The highest BCUT2D eigenvalue weighted by Crippen LogP contribution is 2.31. The number of anilines is 1. The van der Waals surface area contributed by atoms with Gasteiger partial charge in [-0.2, -0.15) is 0 Å². The summed E-state index contributed by atoms with van der Waals surface area (Å²) in [6.07, 6.45) is 1.24. The van der Waals surface area contributed by atoms with Crippen LogP contribution in [0.4, 0.5) is 15.3 Å². The molecular formula is C73H115N11O19. The molecule has 2 heterocycles. The first-order chi connectivity index (χ1) is 49.0. The van der Waals surface area contributed by atoms with Crippen molar-refractivity contribution in [2.75, 3.05) is 106 Å². The molecule has 1 unspecified atom stereocenters. The van der Waals surface area contributed by atoms with Gasteiger partial charge in [-0.1, -0.05) is 111 Å². The van der Waals surface area contributed by atoms with Crippen LogP contribution in [0.5, 0.6) is 0 Å². The van der Waals surface area contributed by atoms with Crippen LogP contribution in [-0.2, 0) is 82.9 Å². The molecule has 0 radical (unpaired) electrons. The molecule has 2 aliphatic heterocycles. The molecular weight excluding hydrogens is 1330 g/mol. The number of carbonyl (C=O) groups is 11. The maximum atomic E-state index is 14.8. The number of amides is 12. The number of imide groups is 1. The largest absolute Gasteiger partial charge is 0.445 e. The van der Waals surface area contributed by atoms with Crippen molar-refractivity contribution < 1.29 is 91.0 Å². The summed E-state index contributed by atoms with van der Waals surface area (Å²) in [5.41, 5.74) is 6.78. The van der Waals surface area contributed by atoms with Crippen molar-refractivity contribution >= 4 is 71.0 Å². The highest BCUT2D eigenvalue weighted by atomic mass is 16.6. The molecule has 30 heteroatoms. The molecule has 103 heavy (non-hydrogen) atoms. The monoisotopic (exact) mass is 1450 g/mol. The van der Waals surface area contributed by atoms with E-state index in [4.69, 9.17) is 38.9 Å². The van der Waals surface area contributed by atoms with Gasteiger partial charge >= 0.3 is 12.1 Å². The van der Waals surface area contributed by atoms with Crippen molar-refractivity contribution in [1.29, 1.82) is 0 Å². The van der Waals surface area contributed by atoms with Gasteiger partial charge < -0.3 is 85.7 Å². The van der Waals surface area contributed by atoms with Crippen molar-refractivity contribution in [2.45, 2.75) is 181 Å². The van der Waals surface area contributed by atoms with E-state index >= 15 is 0 Å². The lowest BCUT2D eigenvalue weighted by molar-refractivity contribution is -0.148. The highest BCUT2D eigenvalue weighted by Gasteiger charge is 2.44. The molecule has 0 aliphatic carbocycles. The average molecular weight is 1450 g/mol.